The van der Waals surface area contributed by atoms with Crippen molar-refractivity contribution in [2.45, 2.75) is 38.4 Å². The van der Waals surface area contributed by atoms with Gasteiger partial charge in [0.05, 0.1) is 13.8 Å². The lowest BCUT2D eigenvalue weighted by molar-refractivity contribution is -0.143. The van der Waals surface area contributed by atoms with Crippen molar-refractivity contribution in [2.75, 3.05) is 0 Å². The van der Waals surface area contributed by atoms with E-state index in [9.17, 15) is 4.79 Å². The molecule has 66 valence electrons. The summed E-state index contributed by atoms with van der Waals surface area (Å²) in [5.41, 5.74) is 0. The highest BCUT2D eigenvalue weighted by molar-refractivity contribution is 6.08. The first kappa shape index (κ1) is 9.62. The van der Waals surface area contributed by atoms with Crippen molar-refractivity contribution in [3.05, 3.63) is 0 Å². The molecule has 1 unspecified atom stereocenters. The number of carboxylic acid groups (broad SMARTS) is 1. The lowest BCUT2D eigenvalue weighted by atomic mass is 9.88. The molecule has 3 heteroatoms. The zero-order valence-electron chi connectivity index (χ0n) is 7.33. The van der Waals surface area contributed by atoms with Gasteiger partial charge in [-0.15, -0.1) is 0 Å². The Hall–Kier alpha value is -0.465. The van der Waals surface area contributed by atoms with Crippen LogP contribution in [0.4, 0.5) is 0 Å². The van der Waals surface area contributed by atoms with E-state index in [1.807, 2.05) is 0 Å². The van der Waals surface area contributed by atoms with Crippen LogP contribution in [0.2, 0.25) is 6.32 Å². The summed E-state index contributed by atoms with van der Waals surface area (Å²) in [7, 11) is 5.38. The highest BCUT2D eigenvalue weighted by Crippen LogP contribution is 2.35. The molecule has 0 bridgehead atoms. The van der Waals surface area contributed by atoms with Crippen molar-refractivity contribution in [1.82, 2.24) is 0 Å². The first-order valence-electron chi connectivity index (χ1n) is 4.68. The van der Waals surface area contributed by atoms with Crippen LogP contribution in [0.5, 0.6) is 0 Å². The largest absolute Gasteiger partial charge is 0.481 e. The van der Waals surface area contributed by atoms with Crippen LogP contribution in [0.3, 0.4) is 0 Å². The average Bonchev–Trinajstić information content (AvgIpc) is 2.48. The lowest BCUT2D eigenvalue weighted by Gasteiger charge is -2.14. The molecule has 0 aromatic carbocycles. The predicted molar refractivity (Wildman–Crippen MR) is 48.3 cm³/mol. The number of aliphatic carboxylic acids is 1. The quantitative estimate of drug-likeness (QED) is 0.647. The molecule has 1 aliphatic carbocycles. The van der Waals surface area contributed by atoms with Crippen molar-refractivity contribution < 1.29 is 9.90 Å². The van der Waals surface area contributed by atoms with E-state index >= 15 is 0 Å². The summed E-state index contributed by atoms with van der Waals surface area (Å²) >= 11 is 0. The van der Waals surface area contributed by atoms with E-state index in [2.05, 4.69) is 0 Å². The topological polar surface area (TPSA) is 37.3 Å². The van der Waals surface area contributed by atoms with E-state index in [1.165, 1.54) is 0 Å². The Morgan fingerprint density at radius 1 is 1.50 bits per heavy atom. The van der Waals surface area contributed by atoms with Gasteiger partial charge in [-0.05, 0) is 18.8 Å². The normalized spacial score (nSPS) is 29.0. The minimum absolute atomic E-state index is 0.0865. The molecule has 0 spiro atoms. The van der Waals surface area contributed by atoms with Gasteiger partial charge in [-0.2, -0.15) is 0 Å². The van der Waals surface area contributed by atoms with Crippen molar-refractivity contribution in [2.24, 2.45) is 11.8 Å². The smallest absolute Gasteiger partial charge is 0.306 e. The lowest BCUT2D eigenvalue weighted by Crippen LogP contribution is -2.18. The summed E-state index contributed by atoms with van der Waals surface area (Å²) in [6, 6.07) is 0. The van der Waals surface area contributed by atoms with Crippen LogP contribution in [-0.4, -0.2) is 18.9 Å². The summed E-state index contributed by atoms with van der Waals surface area (Å²) in [6.45, 7) is 0. The fraction of sp³-hybridized carbons (Fsp3) is 0.889. The molecule has 1 saturated carbocycles. The minimum atomic E-state index is -0.616. The van der Waals surface area contributed by atoms with Gasteiger partial charge in [0.25, 0.3) is 0 Å². The number of hydrogen-bond acceptors (Lipinski definition) is 1. The third-order valence-corrected chi connectivity index (χ3v) is 2.76. The molecule has 1 N–H and O–H groups in total. The number of carboxylic acids is 1. The van der Waals surface area contributed by atoms with Gasteiger partial charge < -0.3 is 5.11 Å². The van der Waals surface area contributed by atoms with Gasteiger partial charge in [-0.1, -0.05) is 25.6 Å². The molecular formula is C9H15BO2. The van der Waals surface area contributed by atoms with Crippen LogP contribution in [0, 0.1) is 11.8 Å². The Kier molecular flexibility index (Phi) is 3.64. The molecule has 0 amide bonds. The maximum absolute atomic E-state index is 10.7. The van der Waals surface area contributed by atoms with Crippen LogP contribution in [0.1, 0.15) is 32.1 Å². The number of rotatable bonds is 4. The van der Waals surface area contributed by atoms with Gasteiger partial charge in [0, 0.05) is 0 Å². The van der Waals surface area contributed by atoms with Crippen LogP contribution < -0.4 is 0 Å². The number of carbonyl (C=O) groups is 1. The van der Waals surface area contributed by atoms with Gasteiger partial charge in [0.2, 0.25) is 0 Å². The molecule has 1 fully saturated rings. The maximum Gasteiger partial charge on any atom is 0.306 e. The molecule has 12 heavy (non-hydrogen) atoms. The Morgan fingerprint density at radius 3 is 2.83 bits per heavy atom. The van der Waals surface area contributed by atoms with Crippen LogP contribution in [-0.2, 0) is 4.79 Å². The van der Waals surface area contributed by atoms with Crippen molar-refractivity contribution in [1.29, 1.82) is 0 Å². The zero-order chi connectivity index (χ0) is 8.97. The van der Waals surface area contributed by atoms with Crippen molar-refractivity contribution in [3.63, 3.8) is 0 Å². The van der Waals surface area contributed by atoms with Crippen LogP contribution in [0.25, 0.3) is 0 Å². The highest BCUT2D eigenvalue weighted by atomic mass is 16.4. The predicted octanol–water partition coefficient (Wildman–Crippen LogP) is 1.85. The summed E-state index contributed by atoms with van der Waals surface area (Å²) in [6.07, 6.45) is 5.67. The van der Waals surface area contributed by atoms with Crippen molar-refractivity contribution >= 4 is 13.8 Å². The molecule has 2 radical (unpaired) electrons. The van der Waals surface area contributed by atoms with Crippen molar-refractivity contribution in [3.8, 4) is 0 Å². The highest BCUT2D eigenvalue weighted by Gasteiger charge is 2.31. The average molecular weight is 166 g/mol. The third-order valence-electron chi connectivity index (χ3n) is 2.76. The minimum Gasteiger partial charge on any atom is -0.481 e. The fourth-order valence-electron chi connectivity index (χ4n) is 2.09. The Morgan fingerprint density at radius 2 is 2.25 bits per heavy atom. The summed E-state index contributed by atoms with van der Waals surface area (Å²) in [5.74, 6) is -0.308. The van der Waals surface area contributed by atoms with E-state index in [1.54, 1.807) is 0 Å². The van der Waals surface area contributed by atoms with Gasteiger partial charge in [0.1, 0.15) is 0 Å². The van der Waals surface area contributed by atoms with Gasteiger partial charge in [-0.25, -0.2) is 0 Å². The van der Waals surface area contributed by atoms with Gasteiger partial charge in [-0.3, -0.25) is 4.79 Å². The molecule has 1 aliphatic rings. The maximum atomic E-state index is 10.7. The monoisotopic (exact) mass is 166 g/mol. The third kappa shape index (κ3) is 2.26. The van der Waals surface area contributed by atoms with Gasteiger partial charge >= 0.3 is 5.97 Å². The molecule has 2 nitrogen and oxygen atoms in total. The zero-order valence-corrected chi connectivity index (χ0v) is 7.33. The molecule has 2 atom stereocenters. The first-order chi connectivity index (χ1) is 5.75. The molecule has 0 aromatic rings. The fourth-order valence-corrected chi connectivity index (χ4v) is 2.09. The molecule has 0 saturated heterocycles. The van der Waals surface area contributed by atoms with E-state index < -0.39 is 5.97 Å². The standard InChI is InChI=1S/C9H15BO2/c10-6-2-4-7-3-1-5-8(7)9(11)12/h7-8H,1-6H2,(H,11,12)/t7-,8?/m0/s1. The molecule has 0 heterocycles. The molecule has 0 aliphatic heterocycles. The Balaban J connectivity index is 2.35. The molecular weight excluding hydrogens is 151 g/mol. The second-order valence-electron chi connectivity index (χ2n) is 3.57. The Labute approximate surface area is 74.8 Å². The molecule has 1 rings (SSSR count). The number of hydrogen-bond donors (Lipinski definition) is 1. The second-order valence-corrected chi connectivity index (χ2v) is 3.57. The SMILES string of the molecule is [B]CCC[C@@H]1CCCC1C(=O)O. The van der Waals surface area contributed by atoms with E-state index in [0.29, 0.717) is 12.2 Å². The summed E-state index contributed by atoms with van der Waals surface area (Å²) in [5, 5.41) is 8.85. The molecule has 0 aromatic heterocycles. The van der Waals surface area contributed by atoms with E-state index in [4.69, 9.17) is 13.0 Å². The Bertz CT molecular complexity index is 159. The van der Waals surface area contributed by atoms with E-state index in [-0.39, 0.29) is 5.92 Å². The summed E-state index contributed by atoms with van der Waals surface area (Å²) < 4.78 is 0. The van der Waals surface area contributed by atoms with Gasteiger partial charge in [0.15, 0.2) is 0 Å². The summed E-state index contributed by atoms with van der Waals surface area (Å²) in [4.78, 5) is 10.7. The van der Waals surface area contributed by atoms with Crippen LogP contribution >= 0.6 is 0 Å². The van der Waals surface area contributed by atoms with E-state index in [0.717, 1.165) is 32.1 Å². The van der Waals surface area contributed by atoms with Crippen LogP contribution in [0.15, 0.2) is 0 Å². The first-order valence-corrected chi connectivity index (χ1v) is 4.68. The second kappa shape index (κ2) is 4.53.